The van der Waals surface area contributed by atoms with Gasteiger partial charge in [-0.25, -0.2) is 4.79 Å². The van der Waals surface area contributed by atoms with Crippen LogP contribution in [0.25, 0.3) is 0 Å². The van der Waals surface area contributed by atoms with Crippen LogP contribution in [0.2, 0.25) is 0 Å². The van der Waals surface area contributed by atoms with Crippen LogP contribution in [0, 0.1) is 0 Å². The minimum Gasteiger partial charge on any atom is -0.493 e. The number of amides is 4. The van der Waals surface area contributed by atoms with Gasteiger partial charge in [-0.3, -0.25) is 19.3 Å². The lowest BCUT2D eigenvalue weighted by Crippen LogP contribution is -2.47. The maximum Gasteiger partial charge on any atom is 0.326 e. The van der Waals surface area contributed by atoms with Crippen LogP contribution in [-0.2, 0) is 24.7 Å². The summed E-state index contributed by atoms with van der Waals surface area (Å²) in [6, 6.07) is 6.30. The second kappa shape index (κ2) is 8.28. The van der Waals surface area contributed by atoms with Crippen molar-refractivity contribution in [3.8, 4) is 5.75 Å². The van der Waals surface area contributed by atoms with E-state index in [9.17, 15) is 19.2 Å². The Labute approximate surface area is 162 Å². The highest BCUT2D eigenvalue weighted by Gasteiger charge is 2.55. The number of carbonyl (C=O) groups excluding carboxylic acids is 4. The van der Waals surface area contributed by atoms with Crippen molar-refractivity contribution in [3.05, 3.63) is 29.8 Å². The first kappa shape index (κ1) is 19.7. The highest BCUT2D eigenvalue weighted by molar-refractivity contribution is 6.09. The molecule has 2 aliphatic heterocycles. The lowest BCUT2D eigenvalue weighted by Gasteiger charge is -2.33. The molecule has 1 atom stereocenters. The third-order valence-electron chi connectivity index (χ3n) is 4.76. The Hall–Kier alpha value is -3.10. The van der Waals surface area contributed by atoms with Crippen molar-refractivity contribution < 1.29 is 28.7 Å². The SMILES string of the molecule is CCCCNC(=O)COC(=O)CN1C(=O)N[C@@]2(CCOc3ccccc32)C1=O. The zero-order valence-corrected chi connectivity index (χ0v) is 15.7. The fraction of sp³-hybridized carbons (Fsp3) is 0.474. The molecule has 1 saturated heterocycles. The molecule has 0 radical (unpaired) electrons. The van der Waals surface area contributed by atoms with Crippen molar-refractivity contribution in [3.63, 3.8) is 0 Å². The van der Waals surface area contributed by atoms with Crippen molar-refractivity contribution in [1.29, 1.82) is 0 Å². The average Bonchev–Trinajstić information content (AvgIpc) is 2.92. The number of nitrogens with one attached hydrogen (secondary N) is 2. The highest BCUT2D eigenvalue weighted by atomic mass is 16.5. The second-order valence-corrected chi connectivity index (χ2v) is 6.69. The van der Waals surface area contributed by atoms with Crippen LogP contribution < -0.4 is 15.4 Å². The first-order chi connectivity index (χ1) is 13.5. The number of benzene rings is 1. The van der Waals surface area contributed by atoms with Gasteiger partial charge in [0.05, 0.1) is 6.61 Å². The molecule has 1 aromatic carbocycles. The van der Waals surface area contributed by atoms with E-state index < -0.39 is 42.5 Å². The summed E-state index contributed by atoms with van der Waals surface area (Å²) < 4.78 is 10.4. The molecule has 0 aliphatic carbocycles. The van der Waals surface area contributed by atoms with Gasteiger partial charge in [0.15, 0.2) is 12.1 Å². The normalized spacial score (nSPS) is 20.4. The molecule has 150 valence electrons. The number of fused-ring (bicyclic) bond motifs is 2. The van der Waals surface area contributed by atoms with E-state index >= 15 is 0 Å². The van der Waals surface area contributed by atoms with Crippen LogP contribution in [0.5, 0.6) is 5.75 Å². The van der Waals surface area contributed by atoms with Crippen LogP contribution >= 0.6 is 0 Å². The van der Waals surface area contributed by atoms with E-state index in [-0.39, 0.29) is 13.0 Å². The third kappa shape index (κ3) is 3.78. The van der Waals surface area contributed by atoms with Crippen molar-refractivity contribution in [2.24, 2.45) is 0 Å². The van der Waals surface area contributed by atoms with Gasteiger partial charge in [-0.1, -0.05) is 31.5 Å². The van der Waals surface area contributed by atoms with E-state index in [2.05, 4.69) is 10.6 Å². The van der Waals surface area contributed by atoms with Gasteiger partial charge in [0.1, 0.15) is 12.3 Å². The van der Waals surface area contributed by atoms with E-state index in [4.69, 9.17) is 9.47 Å². The zero-order valence-electron chi connectivity index (χ0n) is 15.7. The minimum absolute atomic E-state index is 0.263. The Morgan fingerprint density at radius 3 is 2.89 bits per heavy atom. The van der Waals surface area contributed by atoms with Gasteiger partial charge in [0.25, 0.3) is 11.8 Å². The molecule has 4 amide bonds. The van der Waals surface area contributed by atoms with E-state index in [0.29, 0.717) is 17.9 Å². The van der Waals surface area contributed by atoms with Crippen molar-refractivity contribution in [2.45, 2.75) is 31.7 Å². The number of esters is 1. The molecule has 9 nitrogen and oxygen atoms in total. The molecule has 2 N–H and O–H groups in total. The van der Waals surface area contributed by atoms with Gasteiger partial charge < -0.3 is 20.1 Å². The molecule has 1 aromatic rings. The summed E-state index contributed by atoms with van der Waals surface area (Å²) in [7, 11) is 0. The molecule has 9 heteroatoms. The molecule has 0 aromatic heterocycles. The largest absolute Gasteiger partial charge is 0.493 e. The molecular formula is C19H23N3O6. The summed E-state index contributed by atoms with van der Waals surface area (Å²) in [4.78, 5) is 49.9. The monoisotopic (exact) mass is 389 g/mol. The molecule has 3 rings (SSSR count). The van der Waals surface area contributed by atoms with Gasteiger partial charge >= 0.3 is 12.0 Å². The molecule has 0 saturated carbocycles. The van der Waals surface area contributed by atoms with Crippen LogP contribution in [0.1, 0.15) is 31.7 Å². The smallest absolute Gasteiger partial charge is 0.326 e. The maximum atomic E-state index is 13.0. The molecule has 0 bridgehead atoms. The van der Waals surface area contributed by atoms with Crippen molar-refractivity contribution in [1.82, 2.24) is 15.5 Å². The molecule has 1 fully saturated rings. The van der Waals surface area contributed by atoms with Crippen LogP contribution in [0.4, 0.5) is 4.79 Å². The zero-order chi connectivity index (χ0) is 20.1. The number of ether oxygens (including phenoxy) is 2. The van der Waals surface area contributed by atoms with Gasteiger partial charge in [-0.15, -0.1) is 0 Å². The van der Waals surface area contributed by atoms with Crippen LogP contribution in [-0.4, -0.2) is 55.0 Å². The second-order valence-electron chi connectivity index (χ2n) is 6.69. The standard InChI is InChI=1S/C19H23N3O6/c1-2-3-9-20-15(23)12-28-16(24)11-22-17(25)19(21-18(22)26)8-10-27-14-7-5-4-6-13(14)19/h4-7H,2-3,8-12H2,1H3,(H,20,23)(H,21,26)/t19-/m1/s1. The first-order valence-corrected chi connectivity index (χ1v) is 9.26. The van der Waals surface area contributed by atoms with Crippen LogP contribution in [0.3, 0.4) is 0 Å². The van der Waals surface area contributed by atoms with E-state index in [1.54, 1.807) is 24.3 Å². The number of urea groups is 1. The van der Waals surface area contributed by atoms with Gasteiger partial charge in [0.2, 0.25) is 0 Å². The number of unbranched alkanes of at least 4 members (excludes halogenated alkanes) is 1. The lowest BCUT2D eigenvalue weighted by atomic mass is 9.84. The van der Waals surface area contributed by atoms with Gasteiger partial charge in [0, 0.05) is 18.5 Å². The molecule has 0 unspecified atom stereocenters. The highest BCUT2D eigenvalue weighted by Crippen LogP contribution is 2.40. The van der Waals surface area contributed by atoms with Gasteiger partial charge in [-0.2, -0.15) is 0 Å². The molecular weight excluding hydrogens is 366 g/mol. The van der Waals surface area contributed by atoms with E-state index in [1.807, 2.05) is 6.92 Å². The number of carbonyl (C=O) groups is 4. The number of para-hydroxylation sites is 1. The summed E-state index contributed by atoms with van der Waals surface area (Å²) >= 11 is 0. The predicted molar refractivity (Wildman–Crippen MR) is 97.4 cm³/mol. The van der Waals surface area contributed by atoms with Crippen LogP contribution in [0.15, 0.2) is 24.3 Å². The first-order valence-electron chi connectivity index (χ1n) is 9.26. The summed E-state index contributed by atoms with van der Waals surface area (Å²) in [5.74, 6) is -1.26. The molecule has 28 heavy (non-hydrogen) atoms. The Morgan fingerprint density at radius 1 is 1.32 bits per heavy atom. The molecule has 2 heterocycles. The molecule has 1 spiro atoms. The number of nitrogens with zero attached hydrogens (tertiary/aromatic N) is 1. The lowest BCUT2D eigenvalue weighted by molar-refractivity contribution is -0.151. The number of imide groups is 1. The van der Waals surface area contributed by atoms with Crippen molar-refractivity contribution >= 4 is 23.8 Å². The topological polar surface area (TPSA) is 114 Å². The maximum absolute atomic E-state index is 13.0. The summed E-state index contributed by atoms with van der Waals surface area (Å²) in [6.45, 7) is 1.75. The Balaban J connectivity index is 1.62. The fourth-order valence-corrected chi connectivity index (χ4v) is 3.29. The Morgan fingerprint density at radius 2 is 2.11 bits per heavy atom. The fourth-order valence-electron chi connectivity index (χ4n) is 3.29. The third-order valence-corrected chi connectivity index (χ3v) is 4.76. The number of hydrogen-bond acceptors (Lipinski definition) is 6. The Kier molecular flexibility index (Phi) is 5.81. The number of rotatable bonds is 7. The van der Waals surface area contributed by atoms with E-state index in [1.165, 1.54) is 0 Å². The molecule has 2 aliphatic rings. The quantitative estimate of drug-likeness (QED) is 0.403. The minimum atomic E-state index is -1.25. The summed E-state index contributed by atoms with van der Waals surface area (Å²) in [6.07, 6.45) is 2.03. The van der Waals surface area contributed by atoms with Crippen molar-refractivity contribution in [2.75, 3.05) is 26.3 Å². The van der Waals surface area contributed by atoms with E-state index in [0.717, 1.165) is 17.7 Å². The Bertz CT molecular complexity index is 796. The average molecular weight is 389 g/mol. The van der Waals surface area contributed by atoms with Gasteiger partial charge in [-0.05, 0) is 12.5 Å². The summed E-state index contributed by atoms with van der Waals surface area (Å²) in [5.41, 5.74) is -0.685. The predicted octanol–water partition coefficient (Wildman–Crippen LogP) is 0.676. The number of hydrogen-bond donors (Lipinski definition) is 2. The summed E-state index contributed by atoms with van der Waals surface area (Å²) in [5, 5.41) is 5.32.